The van der Waals surface area contributed by atoms with Crippen molar-refractivity contribution in [3.63, 3.8) is 0 Å². The van der Waals surface area contributed by atoms with Crippen molar-refractivity contribution in [3.05, 3.63) is 24.3 Å². The van der Waals surface area contributed by atoms with Crippen LogP contribution in [0.15, 0.2) is 24.3 Å². The number of nitrogens with zero attached hydrogens (tertiary/aromatic N) is 1. The zero-order chi connectivity index (χ0) is 10.4. The van der Waals surface area contributed by atoms with Crippen LogP contribution in [0.5, 0.6) is 0 Å². The molecule has 1 rings (SSSR count). The normalized spacial score (nSPS) is 23.6. The summed E-state index contributed by atoms with van der Waals surface area (Å²) in [7, 11) is 0. The summed E-state index contributed by atoms with van der Waals surface area (Å²) in [6, 6.07) is 0.155. The van der Waals surface area contributed by atoms with Gasteiger partial charge >= 0.3 is 0 Å². The third kappa shape index (κ3) is 3.34. The van der Waals surface area contributed by atoms with Crippen molar-refractivity contribution in [2.24, 2.45) is 5.73 Å². The Morgan fingerprint density at radius 3 is 2.93 bits per heavy atom. The minimum atomic E-state index is 0.0678. The van der Waals surface area contributed by atoms with Crippen LogP contribution < -0.4 is 5.73 Å². The van der Waals surface area contributed by atoms with Gasteiger partial charge in [0.25, 0.3) is 0 Å². The molecule has 0 aromatic heterocycles. The molecule has 1 atom stereocenters. The number of hydrogen-bond donors (Lipinski definition) is 1. The van der Waals surface area contributed by atoms with Crippen molar-refractivity contribution >= 4 is 5.91 Å². The summed E-state index contributed by atoms with van der Waals surface area (Å²) >= 11 is 0. The second-order valence-electron chi connectivity index (χ2n) is 3.57. The van der Waals surface area contributed by atoms with Crippen molar-refractivity contribution < 1.29 is 4.79 Å². The van der Waals surface area contributed by atoms with Crippen LogP contribution >= 0.6 is 0 Å². The van der Waals surface area contributed by atoms with E-state index >= 15 is 0 Å². The van der Waals surface area contributed by atoms with Crippen molar-refractivity contribution in [1.82, 2.24) is 4.90 Å². The van der Waals surface area contributed by atoms with E-state index in [1.165, 1.54) is 0 Å². The van der Waals surface area contributed by atoms with Gasteiger partial charge in [-0.25, -0.2) is 0 Å². The molecular formula is C11H18N2O. The first kappa shape index (κ1) is 11.0. The minimum Gasteiger partial charge on any atom is -0.338 e. The van der Waals surface area contributed by atoms with Gasteiger partial charge in [0.2, 0.25) is 5.91 Å². The maximum atomic E-state index is 11.6. The Labute approximate surface area is 85.3 Å². The van der Waals surface area contributed by atoms with Gasteiger partial charge in [0.15, 0.2) is 0 Å². The van der Waals surface area contributed by atoms with Crippen LogP contribution in [0.1, 0.15) is 19.8 Å². The van der Waals surface area contributed by atoms with Crippen molar-refractivity contribution in [1.29, 1.82) is 0 Å². The third-order valence-electron chi connectivity index (χ3n) is 2.31. The van der Waals surface area contributed by atoms with Gasteiger partial charge < -0.3 is 10.6 Å². The number of carbonyl (C=O) groups is 1. The zero-order valence-electron chi connectivity index (χ0n) is 8.65. The van der Waals surface area contributed by atoms with Gasteiger partial charge in [-0.05, 0) is 19.8 Å². The molecule has 1 unspecified atom stereocenters. The molecule has 1 aliphatic heterocycles. The van der Waals surface area contributed by atoms with Gasteiger partial charge in [0, 0.05) is 25.2 Å². The number of hydrogen-bond acceptors (Lipinski definition) is 2. The summed E-state index contributed by atoms with van der Waals surface area (Å²) < 4.78 is 0. The monoisotopic (exact) mass is 194 g/mol. The summed E-state index contributed by atoms with van der Waals surface area (Å²) in [6.07, 6.45) is 9.15. The lowest BCUT2D eigenvalue weighted by molar-refractivity contribution is -0.127. The molecule has 14 heavy (non-hydrogen) atoms. The van der Waals surface area contributed by atoms with E-state index in [1.807, 2.05) is 24.0 Å². The lowest BCUT2D eigenvalue weighted by Gasteiger charge is -2.29. The summed E-state index contributed by atoms with van der Waals surface area (Å²) in [5.41, 5.74) is 5.79. The first-order valence-corrected chi connectivity index (χ1v) is 5.08. The molecule has 0 spiro atoms. The van der Waals surface area contributed by atoms with E-state index in [-0.39, 0.29) is 11.9 Å². The summed E-state index contributed by atoms with van der Waals surface area (Å²) in [5, 5.41) is 0. The van der Waals surface area contributed by atoms with E-state index in [0.29, 0.717) is 6.54 Å². The fraction of sp³-hybridized carbons (Fsp3) is 0.545. The Hall–Kier alpha value is -1.09. The Morgan fingerprint density at radius 2 is 2.29 bits per heavy atom. The average Bonchev–Trinajstić information content (AvgIpc) is 2.18. The zero-order valence-corrected chi connectivity index (χ0v) is 8.65. The summed E-state index contributed by atoms with van der Waals surface area (Å²) in [4.78, 5) is 13.4. The van der Waals surface area contributed by atoms with Gasteiger partial charge in [0.1, 0.15) is 0 Å². The number of rotatable bonds is 2. The average molecular weight is 194 g/mol. The molecule has 0 bridgehead atoms. The molecule has 0 aliphatic carbocycles. The van der Waals surface area contributed by atoms with Crippen LogP contribution in [0.2, 0.25) is 0 Å². The van der Waals surface area contributed by atoms with Gasteiger partial charge in [-0.3, -0.25) is 4.79 Å². The van der Waals surface area contributed by atoms with Crippen LogP contribution in [-0.4, -0.2) is 29.9 Å². The Morgan fingerprint density at radius 1 is 1.50 bits per heavy atom. The topological polar surface area (TPSA) is 46.3 Å². The van der Waals surface area contributed by atoms with E-state index in [0.717, 1.165) is 19.4 Å². The molecule has 0 aromatic carbocycles. The highest BCUT2D eigenvalue weighted by molar-refractivity contribution is 5.87. The standard InChI is InChI=1S/C11H18N2O/c1-2-3-4-7-11(14)13-8-5-6-10(12)9-13/h2-4,7,10H,5-6,8-9,12H2,1H3/b3-2+,7-4+. The molecule has 1 saturated heterocycles. The molecule has 3 heteroatoms. The largest absolute Gasteiger partial charge is 0.338 e. The molecule has 2 N–H and O–H groups in total. The predicted octanol–water partition coefficient (Wildman–Crippen LogP) is 1.07. The molecule has 0 saturated carbocycles. The molecule has 0 radical (unpaired) electrons. The van der Waals surface area contributed by atoms with Crippen LogP contribution in [0.25, 0.3) is 0 Å². The first-order chi connectivity index (χ1) is 6.74. The first-order valence-electron chi connectivity index (χ1n) is 5.08. The number of likely N-dealkylation sites (tertiary alicyclic amines) is 1. The van der Waals surface area contributed by atoms with Crippen LogP contribution in [-0.2, 0) is 4.79 Å². The van der Waals surface area contributed by atoms with Crippen molar-refractivity contribution in [2.45, 2.75) is 25.8 Å². The molecule has 1 heterocycles. The quantitative estimate of drug-likeness (QED) is 0.528. The molecular weight excluding hydrogens is 176 g/mol. The molecule has 0 aromatic rings. The predicted molar refractivity (Wildman–Crippen MR) is 57.7 cm³/mol. The van der Waals surface area contributed by atoms with Gasteiger partial charge in [-0.1, -0.05) is 18.2 Å². The number of nitrogens with two attached hydrogens (primary N) is 1. The maximum absolute atomic E-state index is 11.6. The third-order valence-corrected chi connectivity index (χ3v) is 2.31. The fourth-order valence-electron chi connectivity index (χ4n) is 1.56. The molecule has 3 nitrogen and oxygen atoms in total. The Balaban J connectivity index is 2.43. The maximum Gasteiger partial charge on any atom is 0.246 e. The highest BCUT2D eigenvalue weighted by Gasteiger charge is 2.18. The Kier molecular flexibility index (Phi) is 4.40. The second-order valence-corrected chi connectivity index (χ2v) is 3.57. The van der Waals surface area contributed by atoms with Crippen molar-refractivity contribution in [3.8, 4) is 0 Å². The fourth-order valence-corrected chi connectivity index (χ4v) is 1.56. The van der Waals surface area contributed by atoms with E-state index in [2.05, 4.69) is 0 Å². The van der Waals surface area contributed by atoms with Gasteiger partial charge in [-0.2, -0.15) is 0 Å². The number of piperidine rings is 1. The number of allylic oxidation sites excluding steroid dienone is 3. The molecule has 78 valence electrons. The van der Waals surface area contributed by atoms with Gasteiger partial charge in [-0.15, -0.1) is 0 Å². The molecule has 1 amide bonds. The van der Waals surface area contributed by atoms with Gasteiger partial charge in [0.05, 0.1) is 0 Å². The molecule has 1 aliphatic rings. The van der Waals surface area contributed by atoms with Crippen LogP contribution in [0, 0.1) is 0 Å². The lowest BCUT2D eigenvalue weighted by atomic mass is 10.1. The molecule has 1 fully saturated rings. The summed E-state index contributed by atoms with van der Waals surface area (Å²) in [6.45, 7) is 3.46. The highest BCUT2D eigenvalue weighted by atomic mass is 16.2. The highest BCUT2D eigenvalue weighted by Crippen LogP contribution is 2.08. The number of amides is 1. The van der Waals surface area contributed by atoms with Crippen molar-refractivity contribution in [2.75, 3.05) is 13.1 Å². The van der Waals surface area contributed by atoms with E-state index < -0.39 is 0 Å². The number of carbonyl (C=O) groups excluding carboxylic acids is 1. The minimum absolute atomic E-state index is 0.0678. The second kappa shape index (κ2) is 5.60. The van der Waals surface area contributed by atoms with E-state index in [4.69, 9.17) is 5.73 Å². The Bertz CT molecular complexity index is 246. The lowest BCUT2D eigenvalue weighted by Crippen LogP contribution is -2.45. The summed E-state index contributed by atoms with van der Waals surface area (Å²) in [5.74, 6) is 0.0678. The van der Waals surface area contributed by atoms with E-state index in [9.17, 15) is 4.79 Å². The smallest absolute Gasteiger partial charge is 0.246 e. The van der Waals surface area contributed by atoms with Crippen LogP contribution in [0.4, 0.5) is 0 Å². The van der Waals surface area contributed by atoms with Crippen LogP contribution in [0.3, 0.4) is 0 Å². The van der Waals surface area contributed by atoms with E-state index in [1.54, 1.807) is 12.2 Å². The SMILES string of the molecule is C/C=C/C=C/C(=O)N1CCCC(N)C1.